The number of benzene rings is 3. The van der Waals surface area contributed by atoms with Gasteiger partial charge in [0.15, 0.2) is 0 Å². The summed E-state index contributed by atoms with van der Waals surface area (Å²) in [7, 11) is 0. The van der Waals surface area contributed by atoms with Gasteiger partial charge in [-0.2, -0.15) is 0 Å². The van der Waals surface area contributed by atoms with Crippen molar-refractivity contribution in [3.05, 3.63) is 102 Å². The molecule has 23 heavy (non-hydrogen) atoms. The SMILES string of the molecule is OC(c1ccccc1)(c1ccccc1)C1CNc2ccccc21. The molecule has 0 saturated heterocycles. The van der Waals surface area contributed by atoms with Crippen LogP contribution in [0.5, 0.6) is 0 Å². The van der Waals surface area contributed by atoms with Crippen molar-refractivity contribution in [2.45, 2.75) is 11.5 Å². The van der Waals surface area contributed by atoms with Crippen molar-refractivity contribution in [3.63, 3.8) is 0 Å². The highest BCUT2D eigenvalue weighted by Crippen LogP contribution is 2.47. The zero-order chi connectivity index (χ0) is 15.7. The van der Waals surface area contributed by atoms with E-state index >= 15 is 0 Å². The minimum Gasteiger partial charge on any atom is -0.384 e. The van der Waals surface area contributed by atoms with Gasteiger partial charge in [-0.15, -0.1) is 0 Å². The van der Waals surface area contributed by atoms with E-state index in [4.69, 9.17) is 0 Å². The van der Waals surface area contributed by atoms with Crippen LogP contribution in [0, 0.1) is 0 Å². The molecule has 0 fully saturated rings. The Bertz CT molecular complexity index is 759. The maximum Gasteiger partial charge on any atom is 0.123 e. The summed E-state index contributed by atoms with van der Waals surface area (Å²) in [4.78, 5) is 0. The van der Waals surface area contributed by atoms with E-state index in [0.717, 1.165) is 23.4 Å². The second kappa shape index (κ2) is 5.56. The highest BCUT2D eigenvalue weighted by atomic mass is 16.3. The van der Waals surface area contributed by atoms with Gasteiger partial charge in [0.2, 0.25) is 0 Å². The van der Waals surface area contributed by atoms with E-state index in [0.29, 0.717) is 0 Å². The van der Waals surface area contributed by atoms with Crippen LogP contribution in [0.25, 0.3) is 0 Å². The molecule has 0 aromatic heterocycles. The molecular weight excluding hydrogens is 282 g/mol. The molecule has 1 heterocycles. The van der Waals surface area contributed by atoms with Crippen LogP contribution in [-0.2, 0) is 5.60 Å². The number of para-hydroxylation sites is 1. The van der Waals surface area contributed by atoms with Gasteiger partial charge in [-0.05, 0) is 22.8 Å². The molecule has 1 aliphatic heterocycles. The van der Waals surface area contributed by atoms with Crippen LogP contribution < -0.4 is 5.32 Å². The second-order valence-electron chi connectivity index (χ2n) is 6.02. The summed E-state index contributed by atoms with van der Waals surface area (Å²) in [6, 6.07) is 28.2. The van der Waals surface area contributed by atoms with Crippen molar-refractivity contribution < 1.29 is 5.11 Å². The Morgan fingerprint density at radius 3 is 1.87 bits per heavy atom. The molecular formula is C21H19NO. The molecule has 2 nitrogen and oxygen atoms in total. The van der Waals surface area contributed by atoms with E-state index in [1.54, 1.807) is 0 Å². The fourth-order valence-corrected chi connectivity index (χ4v) is 3.61. The van der Waals surface area contributed by atoms with Gasteiger partial charge in [0.25, 0.3) is 0 Å². The number of hydrogen-bond donors (Lipinski definition) is 2. The summed E-state index contributed by atoms with van der Waals surface area (Å²) in [5.74, 6) is -0.0245. The van der Waals surface area contributed by atoms with Gasteiger partial charge in [-0.25, -0.2) is 0 Å². The van der Waals surface area contributed by atoms with Crippen molar-refractivity contribution in [1.29, 1.82) is 0 Å². The Labute approximate surface area is 136 Å². The van der Waals surface area contributed by atoms with Crippen LogP contribution in [0.15, 0.2) is 84.9 Å². The molecule has 0 saturated carbocycles. The van der Waals surface area contributed by atoms with Crippen LogP contribution in [0.2, 0.25) is 0 Å². The largest absolute Gasteiger partial charge is 0.384 e. The standard InChI is InChI=1S/C21H19NO/c23-21(16-9-3-1-4-10-16,17-11-5-2-6-12-17)19-15-22-20-14-8-7-13-18(19)20/h1-14,19,22-23H,15H2. The number of fused-ring (bicyclic) bond motifs is 1. The zero-order valence-corrected chi connectivity index (χ0v) is 12.8. The molecule has 0 spiro atoms. The van der Waals surface area contributed by atoms with Crippen molar-refractivity contribution in [2.75, 3.05) is 11.9 Å². The smallest absolute Gasteiger partial charge is 0.123 e. The van der Waals surface area contributed by atoms with Gasteiger partial charge in [0.05, 0.1) is 0 Å². The van der Waals surface area contributed by atoms with Gasteiger partial charge in [0.1, 0.15) is 5.60 Å². The Kier molecular flexibility index (Phi) is 3.40. The van der Waals surface area contributed by atoms with Crippen molar-refractivity contribution in [3.8, 4) is 0 Å². The maximum atomic E-state index is 11.9. The normalized spacial score (nSPS) is 16.7. The number of nitrogens with one attached hydrogen (secondary N) is 1. The molecule has 4 rings (SSSR count). The Balaban J connectivity index is 1.91. The molecule has 1 atom stereocenters. The van der Waals surface area contributed by atoms with Crippen LogP contribution in [0.4, 0.5) is 5.69 Å². The Morgan fingerprint density at radius 1 is 0.739 bits per heavy atom. The van der Waals surface area contributed by atoms with Gasteiger partial charge in [-0.1, -0.05) is 78.9 Å². The molecule has 114 valence electrons. The first-order valence-electron chi connectivity index (χ1n) is 7.96. The summed E-state index contributed by atoms with van der Waals surface area (Å²) >= 11 is 0. The maximum absolute atomic E-state index is 11.9. The molecule has 1 aliphatic rings. The van der Waals surface area contributed by atoms with Gasteiger partial charge in [-0.3, -0.25) is 0 Å². The minimum atomic E-state index is -1.05. The van der Waals surface area contributed by atoms with Crippen LogP contribution in [0.3, 0.4) is 0 Å². The predicted octanol–water partition coefficient (Wildman–Crippen LogP) is 4.13. The fraction of sp³-hybridized carbons (Fsp3) is 0.143. The first-order chi connectivity index (χ1) is 11.3. The van der Waals surface area contributed by atoms with Crippen LogP contribution in [0.1, 0.15) is 22.6 Å². The number of aliphatic hydroxyl groups is 1. The third kappa shape index (κ3) is 2.23. The lowest BCUT2D eigenvalue weighted by Crippen LogP contribution is -2.36. The molecule has 2 heteroatoms. The molecule has 2 N–H and O–H groups in total. The first-order valence-corrected chi connectivity index (χ1v) is 7.96. The van der Waals surface area contributed by atoms with E-state index < -0.39 is 5.60 Å². The molecule has 0 amide bonds. The van der Waals surface area contributed by atoms with Gasteiger partial charge < -0.3 is 10.4 Å². The lowest BCUT2D eigenvalue weighted by Gasteiger charge is -2.35. The summed E-state index contributed by atoms with van der Waals surface area (Å²) in [6.45, 7) is 0.722. The Morgan fingerprint density at radius 2 is 1.26 bits per heavy atom. The molecule has 0 radical (unpaired) electrons. The van der Waals surface area contributed by atoms with Crippen LogP contribution >= 0.6 is 0 Å². The number of anilines is 1. The lowest BCUT2D eigenvalue weighted by molar-refractivity contribution is 0.0558. The summed E-state index contributed by atoms with van der Waals surface area (Å²) in [5.41, 5.74) is 3.08. The fourth-order valence-electron chi connectivity index (χ4n) is 3.61. The third-order valence-corrected chi connectivity index (χ3v) is 4.76. The molecule has 3 aromatic rings. The summed E-state index contributed by atoms with van der Waals surface area (Å²) < 4.78 is 0. The van der Waals surface area contributed by atoms with Gasteiger partial charge in [0, 0.05) is 18.2 Å². The lowest BCUT2D eigenvalue weighted by atomic mass is 9.74. The number of hydrogen-bond acceptors (Lipinski definition) is 2. The van der Waals surface area contributed by atoms with Crippen molar-refractivity contribution in [2.24, 2.45) is 0 Å². The monoisotopic (exact) mass is 301 g/mol. The Hall–Kier alpha value is -2.58. The van der Waals surface area contributed by atoms with Crippen molar-refractivity contribution >= 4 is 5.69 Å². The van der Waals surface area contributed by atoms with Crippen LogP contribution in [-0.4, -0.2) is 11.7 Å². The summed E-state index contributed by atoms with van der Waals surface area (Å²) in [6.07, 6.45) is 0. The van der Waals surface area contributed by atoms with E-state index in [9.17, 15) is 5.11 Å². The topological polar surface area (TPSA) is 32.3 Å². The molecule has 3 aromatic carbocycles. The van der Waals surface area contributed by atoms with Gasteiger partial charge >= 0.3 is 0 Å². The quantitative estimate of drug-likeness (QED) is 0.762. The average Bonchev–Trinajstić information content (AvgIpc) is 3.07. The summed E-state index contributed by atoms with van der Waals surface area (Å²) in [5, 5.41) is 15.3. The number of rotatable bonds is 3. The second-order valence-corrected chi connectivity index (χ2v) is 6.02. The van der Waals surface area contributed by atoms with E-state index in [1.807, 2.05) is 72.8 Å². The predicted molar refractivity (Wildman–Crippen MR) is 93.6 cm³/mol. The zero-order valence-electron chi connectivity index (χ0n) is 12.8. The average molecular weight is 301 g/mol. The first kappa shape index (κ1) is 14.0. The third-order valence-electron chi connectivity index (χ3n) is 4.76. The molecule has 0 bridgehead atoms. The highest BCUT2D eigenvalue weighted by molar-refractivity contribution is 5.60. The minimum absolute atomic E-state index is 0.0245. The van der Waals surface area contributed by atoms with E-state index in [-0.39, 0.29) is 5.92 Å². The van der Waals surface area contributed by atoms with E-state index in [2.05, 4.69) is 17.4 Å². The highest BCUT2D eigenvalue weighted by Gasteiger charge is 2.43. The molecule has 0 aliphatic carbocycles. The molecule has 1 unspecified atom stereocenters. The van der Waals surface area contributed by atoms with E-state index in [1.165, 1.54) is 5.56 Å². The van der Waals surface area contributed by atoms with Crippen molar-refractivity contribution in [1.82, 2.24) is 0 Å².